The van der Waals surface area contributed by atoms with Crippen LogP contribution in [0.15, 0.2) is 27.6 Å². The molecule has 0 bridgehead atoms. The van der Waals surface area contributed by atoms with Crippen molar-refractivity contribution >= 4 is 26.7 Å². The lowest BCUT2D eigenvalue weighted by Crippen LogP contribution is -2.23. The van der Waals surface area contributed by atoms with Gasteiger partial charge in [0.25, 0.3) is 0 Å². The van der Waals surface area contributed by atoms with Crippen molar-refractivity contribution in [2.45, 2.75) is 29.4 Å². The third kappa shape index (κ3) is 1.91. The minimum absolute atomic E-state index is 0.285. The highest BCUT2D eigenvalue weighted by Crippen LogP contribution is 2.29. The molecule has 0 saturated heterocycles. The van der Waals surface area contributed by atoms with E-state index in [1.807, 2.05) is 0 Å². The van der Waals surface area contributed by atoms with Crippen LogP contribution < -0.4 is 0 Å². The van der Waals surface area contributed by atoms with E-state index in [1.54, 1.807) is 12.1 Å². The van der Waals surface area contributed by atoms with Crippen molar-refractivity contribution in [3.63, 3.8) is 0 Å². The smallest absolute Gasteiger partial charge is 0.137 e. The second-order valence-corrected chi connectivity index (χ2v) is 6.01. The standard InChI is InChI=1S/C10H10BrFOS/c11-9-6-8(4-5-10(9)12)14(13)7-2-1-3-7/h4-7H,1-3H2. The molecule has 1 fully saturated rings. The Kier molecular flexibility index (Phi) is 3.02. The van der Waals surface area contributed by atoms with Crippen LogP contribution in [0, 0.1) is 5.82 Å². The molecule has 1 unspecified atom stereocenters. The fourth-order valence-electron chi connectivity index (χ4n) is 1.38. The minimum atomic E-state index is -0.957. The molecule has 0 heterocycles. The van der Waals surface area contributed by atoms with Gasteiger partial charge in [-0.2, -0.15) is 0 Å². The van der Waals surface area contributed by atoms with Gasteiger partial charge in [-0.1, -0.05) is 6.42 Å². The van der Waals surface area contributed by atoms with E-state index >= 15 is 0 Å². The summed E-state index contributed by atoms with van der Waals surface area (Å²) in [6.07, 6.45) is 3.22. The van der Waals surface area contributed by atoms with E-state index in [9.17, 15) is 8.60 Å². The van der Waals surface area contributed by atoms with Crippen LogP contribution in [0.3, 0.4) is 0 Å². The molecule has 14 heavy (non-hydrogen) atoms. The van der Waals surface area contributed by atoms with E-state index in [-0.39, 0.29) is 11.1 Å². The van der Waals surface area contributed by atoms with E-state index in [2.05, 4.69) is 15.9 Å². The Bertz CT molecular complexity index is 376. The second-order valence-electron chi connectivity index (χ2n) is 3.43. The minimum Gasteiger partial charge on any atom is -0.254 e. The van der Waals surface area contributed by atoms with Gasteiger partial charge in [0.2, 0.25) is 0 Å². The van der Waals surface area contributed by atoms with Gasteiger partial charge >= 0.3 is 0 Å². The van der Waals surface area contributed by atoms with Gasteiger partial charge in [-0.15, -0.1) is 0 Å². The van der Waals surface area contributed by atoms with Crippen LogP contribution >= 0.6 is 15.9 Å². The number of benzene rings is 1. The molecule has 0 aliphatic heterocycles. The largest absolute Gasteiger partial charge is 0.254 e. The Morgan fingerprint density at radius 1 is 1.43 bits per heavy atom. The van der Waals surface area contributed by atoms with Crippen molar-refractivity contribution in [1.29, 1.82) is 0 Å². The van der Waals surface area contributed by atoms with Gasteiger partial charge in [-0.25, -0.2) is 4.39 Å². The van der Waals surface area contributed by atoms with Gasteiger partial charge in [0, 0.05) is 10.1 Å². The van der Waals surface area contributed by atoms with Crippen molar-refractivity contribution in [2.75, 3.05) is 0 Å². The first-order valence-electron chi connectivity index (χ1n) is 4.54. The summed E-state index contributed by atoms with van der Waals surface area (Å²) < 4.78 is 25.2. The molecule has 1 atom stereocenters. The Labute approximate surface area is 93.3 Å². The summed E-state index contributed by atoms with van der Waals surface area (Å²) in [5.74, 6) is -0.306. The van der Waals surface area contributed by atoms with Crippen LogP contribution in [-0.2, 0) is 10.8 Å². The Morgan fingerprint density at radius 3 is 2.64 bits per heavy atom. The van der Waals surface area contributed by atoms with Crippen molar-refractivity contribution in [3.05, 3.63) is 28.5 Å². The average molecular weight is 277 g/mol. The van der Waals surface area contributed by atoms with Gasteiger partial charge in [0.1, 0.15) is 5.82 Å². The van der Waals surface area contributed by atoms with Crippen molar-refractivity contribution in [1.82, 2.24) is 0 Å². The first-order valence-corrected chi connectivity index (χ1v) is 6.54. The molecule has 1 aliphatic rings. The predicted molar refractivity (Wildman–Crippen MR) is 58.1 cm³/mol. The zero-order chi connectivity index (χ0) is 10.1. The molecule has 0 spiro atoms. The highest BCUT2D eigenvalue weighted by atomic mass is 79.9. The highest BCUT2D eigenvalue weighted by molar-refractivity contribution is 9.10. The maximum absolute atomic E-state index is 12.9. The summed E-state index contributed by atoms with van der Waals surface area (Å²) in [7, 11) is -0.957. The molecule has 0 radical (unpaired) electrons. The molecule has 0 aromatic heterocycles. The molecular weight excluding hydrogens is 267 g/mol. The molecule has 1 aromatic carbocycles. The van der Waals surface area contributed by atoms with E-state index < -0.39 is 10.8 Å². The van der Waals surface area contributed by atoms with E-state index in [0.29, 0.717) is 4.47 Å². The van der Waals surface area contributed by atoms with Crippen LogP contribution in [-0.4, -0.2) is 9.46 Å². The monoisotopic (exact) mass is 276 g/mol. The van der Waals surface area contributed by atoms with E-state index in [0.717, 1.165) is 17.7 Å². The summed E-state index contributed by atoms with van der Waals surface area (Å²) in [4.78, 5) is 0.725. The maximum Gasteiger partial charge on any atom is 0.137 e. The molecule has 76 valence electrons. The maximum atomic E-state index is 12.9. The van der Waals surface area contributed by atoms with Crippen LogP contribution in [0.4, 0.5) is 4.39 Å². The van der Waals surface area contributed by atoms with Crippen molar-refractivity contribution in [3.8, 4) is 0 Å². The van der Waals surface area contributed by atoms with Gasteiger partial charge in [0.05, 0.1) is 15.3 Å². The second kappa shape index (κ2) is 4.11. The normalized spacial score (nSPS) is 19.0. The Morgan fingerprint density at radius 2 is 2.14 bits per heavy atom. The Balaban J connectivity index is 2.23. The summed E-state index contributed by atoms with van der Waals surface area (Å²) in [6.45, 7) is 0. The van der Waals surface area contributed by atoms with Gasteiger partial charge in [0.15, 0.2) is 0 Å². The van der Waals surface area contributed by atoms with Gasteiger partial charge in [-0.05, 0) is 47.0 Å². The number of hydrogen-bond donors (Lipinski definition) is 0. The lowest BCUT2D eigenvalue weighted by atomic mass is 10.00. The fraction of sp³-hybridized carbons (Fsp3) is 0.400. The van der Waals surface area contributed by atoms with E-state index in [1.165, 1.54) is 12.5 Å². The van der Waals surface area contributed by atoms with Crippen LogP contribution in [0.1, 0.15) is 19.3 Å². The predicted octanol–water partition coefficient (Wildman–Crippen LogP) is 3.25. The zero-order valence-corrected chi connectivity index (χ0v) is 9.91. The van der Waals surface area contributed by atoms with Crippen molar-refractivity contribution in [2.24, 2.45) is 0 Å². The summed E-state index contributed by atoms with van der Waals surface area (Å²) in [5, 5.41) is 0.285. The summed E-state index contributed by atoms with van der Waals surface area (Å²) in [6, 6.07) is 4.58. The average Bonchev–Trinajstić information content (AvgIpc) is 2.06. The Hall–Kier alpha value is -0.220. The van der Waals surface area contributed by atoms with E-state index in [4.69, 9.17) is 0 Å². The molecule has 4 heteroatoms. The number of halogens is 2. The highest BCUT2D eigenvalue weighted by Gasteiger charge is 2.25. The van der Waals surface area contributed by atoms with Crippen LogP contribution in [0.25, 0.3) is 0 Å². The van der Waals surface area contributed by atoms with Crippen LogP contribution in [0.5, 0.6) is 0 Å². The quantitative estimate of drug-likeness (QED) is 0.811. The van der Waals surface area contributed by atoms with Crippen LogP contribution in [0.2, 0.25) is 0 Å². The molecular formula is C10H10BrFOS. The molecule has 0 amide bonds. The zero-order valence-electron chi connectivity index (χ0n) is 7.50. The summed E-state index contributed by atoms with van der Waals surface area (Å²) >= 11 is 3.09. The third-order valence-corrected chi connectivity index (χ3v) is 4.88. The first-order chi connectivity index (χ1) is 6.68. The molecule has 1 nitrogen and oxygen atoms in total. The molecule has 1 saturated carbocycles. The first kappa shape index (κ1) is 10.3. The summed E-state index contributed by atoms with van der Waals surface area (Å²) in [5.41, 5.74) is 0. The molecule has 1 aromatic rings. The van der Waals surface area contributed by atoms with Gasteiger partial charge in [-0.3, -0.25) is 4.21 Å². The lowest BCUT2D eigenvalue weighted by molar-refractivity contribution is 0.504. The topological polar surface area (TPSA) is 17.1 Å². The van der Waals surface area contributed by atoms with Gasteiger partial charge < -0.3 is 0 Å². The lowest BCUT2D eigenvalue weighted by Gasteiger charge is -2.24. The SMILES string of the molecule is O=S(c1ccc(F)c(Br)c1)C1CCC1. The molecule has 2 rings (SSSR count). The third-order valence-electron chi connectivity index (χ3n) is 2.48. The fourth-order valence-corrected chi connectivity index (χ4v) is 3.49. The number of hydrogen-bond acceptors (Lipinski definition) is 1. The van der Waals surface area contributed by atoms with Crippen molar-refractivity contribution < 1.29 is 8.60 Å². The molecule has 0 N–H and O–H groups in total. The molecule has 1 aliphatic carbocycles. The number of rotatable bonds is 2.